The summed E-state index contributed by atoms with van der Waals surface area (Å²) in [5.74, 6) is 1.16. The fourth-order valence-corrected chi connectivity index (χ4v) is 3.27. The highest BCUT2D eigenvalue weighted by atomic mass is 32.2. The zero-order valence-electron chi connectivity index (χ0n) is 11.7. The molecule has 0 saturated carbocycles. The van der Waals surface area contributed by atoms with Crippen LogP contribution in [0.3, 0.4) is 0 Å². The molecule has 1 aliphatic heterocycles. The molecule has 1 saturated heterocycles. The van der Waals surface area contributed by atoms with Gasteiger partial charge in [0.15, 0.2) is 0 Å². The Morgan fingerprint density at radius 3 is 2.84 bits per heavy atom. The zero-order valence-corrected chi connectivity index (χ0v) is 12.5. The maximum Gasteiger partial charge on any atom is 0.231 e. The number of nitrogens with one attached hydrogen (secondary N) is 2. The highest BCUT2D eigenvalue weighted by molar-refractivity contribution is 7.99. The summed E-state index contributed by atoms with van der Waals surface area (Å²) >= 11 is 1.76. The molecule has 1 aromatic carbocycles. The van der Waals surface area contributed by atoms with Gasteiger partial charge in [0, 0.05) is 11.4 Å². The molecule has 1 fully saturated rings. The van der Waals surface area contributed by atoms with Crippen molar-refractivity contribution in [1.82, 2.24) is 5.32 Å². The van der Waals surface area contributed by atoms with E-state index < -0.39 is 0 Å². The minimum atomic E-state index is -0.232. The summed E-state index contributed by atoms with van der Waals surface area (Å²) in [4.78, 5) is 13.7. The van der Waals surface area contributed by atoms with Gasteiger partial charge in [-0.15, -0.1) is 11.8 Å². The number of carbonyl (C=O) groups is 1. The SMILES string of the molecule is CCSc1ccccc1NC(=O)C1(CC)CCNC1. The highest BCUT2D eigenvalue weighted by Crippen LogP contribution is 2.33. The first-order chi connectivity index (χ1) is 9.22. The molecule has 3 nitrogen and oxygen atoms in total. The topological polar surface area (TPSA) is 41.1 Å². The molecule has 2 N–H and O–H groups in total. The Balaban J connectivity index is 2.14. The van der Waals surface area contributed by atoms with Crippen molar-refractivity contribution in [1.29, 1.82) is 0 Å². The van der Waals surface area contributed by atoms with Crippen LogP contribution in [-0.4, -0.2) is 24.7 Å². The van der Waals surface area contributed by atoms with E-state index in [-0.39, 0.29) is 11.3 Å². The summed E-state index contributed by atoms with van der Waals surface area (Å²) in [5.41, 5.74) is 0.711. The van der Waals surface area contributed by atoms with Crippen LogP contribution in [0.15, 0.2) is 29.2 Å². The molecule has 0 bridgehead atoms. The molecule has 19 heavy (non-hydrogen) atoms. The molecule has 1 unspecified atom stereocenters. The number of para-hydroxylation sites is 1. The quantitative estimate of drug-likeness (QED) is 0.813. The second kappa shape index (κ2) is 6.44. The van der Waals surface area contributed by atoms with E-state index in [4.69, 9.17) is 0 Å². The molecule has 1 atom stereocenters. The van der Waals surface area contributed by atoms with Gasteiger partial charge in [-0.05, 0) is 37.3 Å². The Morgan fingerprint density at radius 2 is 2.21 bits per heavy atom. The van der Waals surface area contributed by atoms with E-state index in [1.807, 2.05) is 18.2 Å². The third-order valence-corrected chi connectivity index (χ3v) is 4.79. The minimum absolute atomic E-state index is 0.157. The van der Waals surface area contributed by atoms with Crippen molar-refractivity contribution >= 4 is 23.4 Å². The Bertz CT molecular complexity index is 442. The molecule has 2 rings (SSSR count). The van der Waals surface area contributed by atoms with E-state index in [9.17, 15) is 4.79 Å². The van der Waals surface area contributed by atoms with Gasteiger partial charge in [-0.3, -0.25) is 4.79 Å². The van der Waals surface area contributed by atoms with Gasteiger partial charge in [0.2, 0.25) is 5.91 Å². The third kappa shape index (κ3) is 3.12. The number of rotatable bonds is 5. The maximum atomic E-state index is 12.6. The van der Waals surface area contributed by atoms with Crippen LogP contribution in [0, 0.1) is 5.41 Å². The van der Waals surface area contributed by atoms with Crippen molar-refractivity contribution in [3.8, 4) is 0 Å². The summed E-state index contributed by atoms with van der Waals surface area (Å²) < 4.78 is 0. The Morgan fingerprint density at radius 1 is 1.42 bits per heavy atom. The van der Waals surface area contributed by atoms with Crippen LogP contribution in [0.4, 0.5) is 5.69 Å². The number of anilines is 1. The summed E-state index contributed by atoms with van der Waals surface area (Å²) in [6, 6.07) is 8.04. The molecular weight excluding hydrogens is 256 g/mol. The summed E-state index contributed by atoms with van der Waals surface area (Å²) in [6.07, 6.45) is 1.81. The van der Waals surface area contributed by atoms with Gasteiger partial charge in [0.1, 0.15) is 0 Å². The van der Waals surface area contributed by atoms with Gasteiger partial charge >= 0.3 is 0 Å². The molecule has 1 aliphatic rings. The lowest BCUT2D eigenvalue weighted by atomic mass is 9.83. The average molecular weight is 278 g/mol. The van der Waals surface area contributed by atoms with Crippen LogP contribution < -0.4 is 10.6 Å². The molecule has 0 spiro atoms. The first kappa shape index (κ1) is 14.4. The van der Waals surface area contributed by atoms with Gasteiger partial charge < -0.3 is 10.6 Å². The summed E-state index contributed by atoms with van der Waals surface area (Å²) in [5, 5.41) is 6.43. The summed E-state index contributed by atoms with van der Waals surface area (Å²) in [6.45, 7) is 5.95. The van der Waals surface area contributed by atoms with Crippen LogP contribution >= 0.6 is 11.8 Å². The fraction of sp³-hybridized carbons (Fsp3) is 0.533. The van der Waals surface area contributed by atoms with Gasteiger partial charge in [-0.1, -0.05) is 26.0 Å². The lowest BCUT2D eigenvalue weighted by Crippen LogP contribution is -2.37. The van der Waals surface area contributed by atoms with E-state index in [1.54, 1.807) is 11.8 Å². The van der Waals surface area contributed by atoms with E-state index in [0.29, 0.717) is 0 Å². The van der Waals surface area contributed by atoms with E-state index in [2.05, 4.69) is 30.5 Å². The number of thioether (sulfide) groups is 1. The second-order valence-corrected chi connectivity index (χ2v) is 6.25. The second-order valence-electron chi connectivity index (χ2n) is 4.94. The van der Waals surface area contributed by atoms with Crippen LogP contribution in [0.5, 0.6) is 0 Å². The zero-order chi connectivity index (χ0) is 13.7. The number of hydrogen-bond donors (Lipinski definition) is 2. The minimum Gasteiger partial charge on any atom is -0.325 e. The molecular formula is C15H22N2OS. The normalized spacial score (nSPS) is 22.4. The number of hydrogen-bond acceptors (Lipinski definition) is 3. The lowest BCUT2D eigenvalue weighted by molar-refractivity contribution is -0.124. The van der Waals surface area contributed by atoms with Crippen molar-refractivity contribution in [3.05, 3.63) is 24.3 Å². The predicted molar refractivity (Wildman–Crippen MR) is 81.7 cm³/mol. The average Bonchev–Trinajstić information content (AvgIpc) is 2.91. The van der Waals surface area contributed by atoms with Crippen LogP contribution in [0.2, 0.25) is 0 Å². The number of carbonyl (C=O) groups excluding carboxylic acids is 1. The standard InChI is InChI=1S/C15H22N2OS/c1-3-15(9-10-16-11-15)14(18)17-12-7-5-6-8-13(12)19-4-2/h5-8,16H,3-4,9-11H2,1-2H3,(H,17,18). The Hall–Kier alpha value is -1.00. The Labute approximate surface area is 119 Å². The molecule has 4 heteroatoms. The molecule has 104 valence electrons. The third-order valence-electron chi connectivity index (χ3n) is 3.84. The smallest absolute Gasteiger partial charge is 0.231 e. The predicted octanol–water partition coefficient (Wildman–Crippen LogP) is 3.13. The van der Waals surface area contributed by atoms with Crippen LogP contribution in [0.25, 0.3) is 0 Å². The fourth-order valence-electron chi connectivity index (χ4n) is 2.51. The molecule has 1 amide bonds. The van der Waals surface area contributed by atoms with Crippen molar-refractivity contribution in [3.63, 3.8) is 0 Å². The first-order valence-electron chi connectivity index (χ1n) is 6.96. The molecule has 1 aromatic rings. The van der Waals surface area contributed by atoms with Crippen molar-refractivity contribution < 1.29 is 4.79 Å². The largest absolute Gasteiger partial charge is 0.325 e. The van der Waals surface area contributed by atoms with Crippen molar-refractivity contribution in [2.24, 2.45) is 5.41 Å². The van der Waals surface area contributed by atoms with Crippen LogP contribution in [-0.2, 0) is 4.79 Å². The highest BCUT2D eigenvalue weighted by Gasteiger charge is 2.39. The molecule has 0 radical (unpaired) electrons. The van der Waals surface area contributed by atoms with Crippen molar-refractivity contribution in [2.45, 2.75) is 31.6 Å². The summed E-state index contributed by atoms with van der Waals surface area (Å²) in [7, 11) is 0. The van der Waals surface area contributed by atoms with Gasteiger partial charge in [0.05, 0.1) is 11.1 Å². The lowest BCUT2D eigenvalue weighted by Gasteiger charge is -2.25. The monoisotopic (exact) mass is 278 g/mol. The maximum absolute atomic E-state index is 12.6. The van der Waals surface area contributed by atoms with Gasteiger partial charge in [0.25, 0.3) is 0 Å². The molecule has 0 aromatic heterocycles. The van der Waals surface area contributed by atoms with Gasteiger partial charge in [-0.2, -0.15) is 0 Å². The van der Waals surface area contributed by atoms with E-state index in [0.717, 1.165) is 42.3 Å². The molecule has 1 heterocycles. The van der Waals surface area contributed by atoms with E-state index in [1.165, 1.54) is 0 Å². The van der Waals surface area contributed by atoms with Gasteiger partial charge in [-0.25, -0.2) is 0 Å². The Kier molecular flexibility index (Phi) is 4.88. The first-order valence-corrected chi connectivity index (χ1v) is 7.94. The number of benzene rings is 1. The van der Waals surface area contributed by atoms with Crippen molar-refractivity contribution in [2.75, 3.05) is 24.2 Å². The molecule has 0 aliphatic carbocycles. The number of amides is 1. The van der Waals surface area contributed by atoms with Crippen LogP contribution in [0.1, 0.15) is 26.7 Å². The van der Waals surface area contributed by atoms with E-state index >= 15 is 0 Å².